The van der Waals surface area contributed by atoms with E-state index in [-0.39, 0.29) is 82.1 Å². The predicted molar refractivity (Wildman–Crippen MR) is 11.5 cm³/mol. The van der Waals surface area contributed by atoms with Gasteiger partial charge in [-0.25, -0.2) is 0 Å². The van der Waals surface area contributed by atoms with Crippen LogP contribution in [0.15, 0.2) is 0 Å². The molecule has 0 aliphatic heterocycles. The molecule has 10 heavy (non-hydrogen) atoms. The molecule has 0 rings (SSSR count). The molecule has 0 radical (unpaired) electrons. The Kier molecular flexibility index (Phi) is 40.3. The fraction of sp³-hybridized carbons (Fsp3) is 0. The van der Waals surface area contributed by atoms with Gasteiger partial charge in [-0.2, -0.15) is 0 Å². The van der Waals surface area contributed by atoms with E-state index in [2.05, 4.69) is 0 Å². The maximum Gasteiger partial charge on any atom is 3.00 e. The SMILES string of the molecule is [Eu+3].[O-]B([O-])[O-].[O-]B([O-])[O-].[Y+3]. The quantitative estimate of drug-likeness (QED) is 0.394. The minimum absolute atomic E-state index is 0. The first kappa shape index (κ1) is 22.9. The second-order valence-corrected chi connectivity index (χ2v) is 0.577. The van der Waals surface area contributed by atoms with Crippen molar-refractivity contribution in [3.05, 3.63) is 0 Å². The normalized spacial score (nSPS) is 5.40. The van der Waals surface area contributed by atoms with E-state index in [1.807, 2.05) is 0 Å². The standard InChI is InChI=1S/2BO3.Eu.Y/c2*2-1(3)4;;/q2*-3;2*+3. The first-order valence-corrected chi connectivity index (χ1v) is 1.41. The molecule has 0 atom stereocenters. The molecular formula is B2EuO6Y. The Labute approximate surface area is 124 Å². The third-order valence-electron chi connectivity index (χ3n) is 0. The zero-order valence-corrected chi connectivity index (χ0v) is 9.82. The maximum atomic E-state index is 8.42. The number of rotatable bonds is 0. The molecule has 0 unspecified atom stereocenters. The molecule has 0 aliphatic carbocycles. The van der Waals surface area contributed by atoms with E-state index in [0.717, 1.165) is 0 Å². The van der Waals surface area contributed by atoms with Crippen LogP contribution in [0.5, 0.6) is 0 Å². The van der Waals surface area contributed by atoms with Gasteiger partial charge in [-0.15, -0.1) is 0 Å². The fourth-order valence-electron chi connectivity index (χ4n) is 0. The zero-order chi connectivity index (χ0) is 7.15. The van der Waals surface area contributed by atoms with Gasteiger partial charge in [0.05, 0.1) is 0 Å². The van der Waals surface area contributed by atoms with Gasteiger partial charge >= 0.3 is 82.1 Å². The molecule has 0 saturated heterocycles. The molecule has 0 aliphatic rings. The number of hydrogen-bond acceptors (Lipinski definition) is 6. The third kappa shape index (κ3) is 146. The van der Waals surface area contributed by atoms with Crippen LogP contribution >= 0.6 is 0 Å². The van der Waals surface area contributed by atoms with E-state index in [4.69, 9.17) is 30.1 Å². The molecule has 0 aromatic rings. The van der Waals surface area contributed by atoms with Crippen LogP contribution in [0.2, 0.25) is 0 Å². The van der Waals surface area contributed by atoms with Crippen molar-refractivity contribution in [1.29, 1.82) is 0 Å². The summed E-state index contributed by atoms with van der Waals surface area (Å²) >= 11 is 0. The minimum Gasteiger partial charge on any atom is -0.907 e. The van der Waals surface area contributed by atoms with Gasteiger partial charge in [0, 0.05) is 0 Å². The second kappa shape index (κ2) is 17.6. The van der Waals surface area contributed by atoms with Crippen LogP contribution in [0.3, 0.4) is 0 Å². The Morgan fingerprint density at radius 3 is 0.600 bits per heavy atom. The molecule has 10 heteroatoms. The smallest absolute Gasteiger partial charge is 0.907 e. The molecule has 52 valence electrons. The Morgan fingerprint density at radius 1 is 0.600 bits per heavy atom. The van der Waals surface area contributed by atoms with Crippen molar-refractivity contribution in [3.8, 4) is 0 Å². The van der Waals surface area contributed by atoms with Gasteiger partial charge in [0.25, 0.3) is 0 Å². The predicted octanol–water partition coefficient (Wildman–Crippen LogP) is -7.90. The van der Waals surface area contributed by atoms with E-state index in [9.17, 15) is 0 Å². The summed E-state index contributed by atoms with van der Waals surface area (Å²) in [5.74, 6) is 0. The summed E-state index contributed by atoms with van der Waals surface area (Å²) in [4.78, 5) is 0. The van der Waals surface area contributed by atoms with Crippen LogP contribution in [0.25, 0.3) is 0 Å². The van der Waals surface area contributed by atoms with Gasteiger partial charge in [-0.3, -0.25) is 14.6 Å². The summed E-state index contributed by atoms with van der Waals surface area (Å²) in [6.07, 6.45) is 0. The van der Waals surface area contributed by atoms with E-state index < -0.39 is 14.6 Å². The second-order valence-electron chi connectivity index (χ2n) is 0.577. The van der Waals surface area contributed by atoms with Gasteiger partial charge in [0.1, 0.15) is 0 Å². The van der Waals surface area contributed by atoms with Gasteiger partial charge in [0.2, 0.25) is 0 Å². The van der Waals surface area contributed by atoms with Crippen LogP contribution in [0.1, 0.15) is 0 Å². The van der Waals surface area contributed by atoms with Crippen molar-refractivity contribution in [1.82, 2.24) is 0 Å². The number of hydrogen-bond donors (Lipinski definition) is 0. The molecule has 0 spiro atoms. The van der Waals surface area contributed by atoms with Crippen molar-refractivity contribution in [2.24, 2.45) is 0 Å². The molecule has 0 aromatic carbocycles. The summed E-state index contributed by atoms with van der Waals surface area (Å²) in [6, 6.07) is 0. The van der Waals surface area contributed by atoms with Crippen LogP contribution in [0.4, 0.5) is 0 Å². The van der Waals surface area contributed by atoms with Crippen molar-refractivity contribution >= 4 is 14.6 Å². The van der Waals surface area contributed by atoms with Crippen LogP contribution < -0.4 is 30.1 Å². The third-order valence-corrected chi connectivity index (χ3v) is 0. The zero-order valence-electron chi connectivity index (χ0n) is 4.56. The van der Waals surface area contributed by atoms with Gasteiger partial charge < -0.3 is 30.1 Å². The largest absolute Gasteiger partial charge is 3.00 e. The van der Waals surface area contributed by atoms with Crippen LogP contribution in [-0.4, -0.2) is 14.6 Å². The first-order valence-electron chi connectivity index (χ1n) is 1.41. The summed E-state index contributed by atoms with van der Waals surface area (Å²) in [5, 5.41) is 50.5. The average Bonchev–Trinajstić information content (AvgIpc) is 1.25. The Bertz CT molecular complexity index is 31.2. The summed E-state index contributed by atoms with van der Waals surface area (Å²) in [5.41, 5.74) is 0. The van der Waals surface area contributed by atoms with Gasteiger partial charge in [0.15, 0.2) is 0 Å². The van der Waals surface area contributed by atoms with E-state index in [1.165, 1.54) is 0 Å². The van der Waals surface area contributed by atoms with E-state index in [1.54, 1.807) is 0 Å². The summed E-state index contributed by atoms with van der Waals surface area (Å²) in [7, 11) is -5.83. The van der Waals surface area contributed by atoms with E-state index >= 15 is 0 Å². The fourth-order valence-corrected chi connectivity index (χ4v) is 0. The summed E-state index contributed by atoms with van der Waals surface area (Å²) in [6.45, 7) is 0. The minimum atomic E-state index is -2.92. The Balaban J connectivity index is -0.0000000300. The van der Waals surface area contributed by atoms with Crippen molar-refractivity contribution in [3.63, 3.8) is 0 Å². The molecule has 0 saturated carbocycles. The molecule has 0 heterocycles. The Hall–Kier alpha value is 2.58. The van der Waals surface area contributed by atoms with Crippen LogP contribution in [-0.2, 0) is 32.7 Å². The van der Waals surface area contributed by atoms with Gasteiger partial charge in [-0.1, -0.05) is 0 Å². The molecule has 0 amide bonds. The Morgan fingerprint density at radius 2 is 0.600 bits per heavy atom. The molecule has 0 N–H and O–H groups in total. The maximum absolute atomic E-state index is 8.42. The molecule has 0 aromatic heterocycles. The molecule has 0 bridgehead atoms. The molecule has 0 fully saturated rings. The molecular weight excluding hydrogens is 358 g/mol. The molecule has 6 nitrogen and oxygen atoms in total. The van der Waals surface area contributed by atoms with Crippen molar-refractivity contribution < 1.29 is 112 Å². The average molecular weight is 358 g/mol. The summed E-state index contributed by atoms with van der Waals surface area (Å²) < 4.78 is 0. The first-order chi connectivity index (χ1) is 3.46. The topological polar surface area (TPSA) is 138 Å². The van der Waals surface area contributed by atoms with Crippen molar-refractivity contribution in [2.45, 2.75) is 0 Å². The van der Waals surface area contributed by atoms with Gasteiger partial charge in [-0.05, 0) is 0 Å². The van der Waals surface area contributed by atoms with E-state index in [0.29, 0.717) is 0 Å². The van der Waals surface area contributed by atoms with Crippen molar-refractivity contribution in [2.75, 3.05) is 0 Å². The monoisotopic (exact) mass is 360 g/mol. The van der Waals surface area contributed by atoms with Crippen LogP contribution in [0, 0.1) is 49.4 Å².